The molecule has 1 aliphatic heterocycles. The lowest BCUT2D eigenvalue weighted by Gasteiger charge is -2.17. The molecule has 7 heteroatoms. The molecule has 0 spiro atoms. The van der Waals surface area contributed by atoms with Crippen molar-refractivity contribution in [1.29, 1.82) is 0 Å². The first-order chi connectivity index (χ1) is 9.04. The predicted molar refractivity (Wildman–Crippen MR) is 79.9 cm³/mol. The van der Waals surface area contributed by atoms with Crippen LogP contribution in [0.5, 0.6) is 0 Å². The average Bonchev–Trinajstić information content (AvgIpc) is 2.96. The molecule has 3 N–H and O–H groups in total. The highest BCUT2D eigenvalue weighted by molar-refractivity contribution is 5.89. The highest BCUT2D eigenvalue weighted by atomic mass is 35.5. The summed E-state index contributed by atoms with van der Waals surface area (Å²) in [5.41, 5.74) is 5.90. The number of nitrogens with zero attached hydrogens (tertiary/aromatic N) is 2. The first-order valence-corrected chi connectivity index (χ1v) is 6.75. The summed E-state index contributed by atoms with van der Waals surface area (Å²) in [6.07, 6.45) is 1.60. The van der Waals surface area contributed by atoms with E-state index < -0.39 is 0 Å². The standard InChI is InChI=1S/C13H22N4O2.ClH/c1-9-7-12(16-19-9)15-13(18)4-6-17-5-3-11(8-17)10(2)14;/h7,10-11H,3-6,8,14H2,1-2H3,(H,15,16,18);1H. The summed E-state index contributed by atoms with van der Waals surface area (Å²) in [6.45, 7) is 6.64. The summed E-state index contributed by atoms with van der Waals surface area (Å²) < 4.78 is 4.89. The van der Waals surface area contributed by atoms with Crippen LogP contribution in [0.1, 0.15) is 25.5 Å². The van der Waals surface area contributed by atoms with Gasteiger partial charge in [0.1, 0.15) is 5.76 Å². The first kappa shape index (κ1) is 16.9. The van der Waals surface area contributed by atoms with Crippen LogP contribution in [-0.4, -0.2) is 41.6 Å². The SMILES string of the molecule is Cc1cc(NC(=O)CCN2CCC(C(C)N)C2)no1.Cl. The number of rotatable bonds is 5. The monoisotopic (exact) mass is 302 g/mol. The van der Waals surface area contributed by atoms with Crippen molar-refractivity contribution in [3.8, 4) is 0 Å². The summed E-state index contributed by atoms with van der Waals surface area (Å²) in [5, 5.41) is 6.46. The third-order valence-electron chi connectivity index (χ3n) is 3.60. The number of hydrogen-bond acceptors (Lipinski definition) is 5. The Bertz CT molecular complexity index is 436. The topological polar surface area (TPSA) is 84.4 Å². The Morgan fingerprint density at radius 3 is 3.00 bits per heavy atom. The zero-order chi connectivity index (χ0) is 13.8. The van der Waals surface area contributed by atoms with E-state index in [1.165, 1.54) is 0 Å². The predicted octanol–water partition coefficient (Wildman–Crippen LogP) is 1.40. The van der Waals surface area contributed by atoms with E-state index >= 15 is 0 Å². The molecule has 2 rings (SSSR count). The molecular weight excluding hydrogens is 280 g/mol. The number of anilines is 1. The van der Waals surface area contributed by atoms with Crippen LogP contribution < -0.4 is 11.1 Å². The third kappa shape index (κ3) is 4.77. The van der Waals surface area contributed by atoms with Gasteiger partial charge >= 0.3 is 0 Å². The molecule has 0 radical (unpaired) electrons. The fraction of sp³-hybridized carbons (Fsp3) is 0.692. The maximum atomic E-state index is 11.7. The number of aromatic nitrogens is 1. The summed E-state index contributed by atoms with van der Waals surface area (Å²) in [7, 11) is 0. The number of likely N-dealkylation sites (tertiary alicyclic amines) is 1. The molecule has 0 bridgehead atoms. The number of halogens is 1. The molecule has 1 aromatic rings. The molecule has 1 aliphatic rings. The Morgan fingerprint density at radius 2 is 2.45 bits per heavy atom. The van der Waals surface area contributed by atoms with Gasteiger partial charge in [-0.25, -0.2) is 0 Å². The normalized spacial score (nSPS) is 20.4. The zero-order valence-corrected chi connectivity index (χ0v) is 12.8. The van der Waals surface area contributed by atoms with E-state index in [1.807, 2.05) is 6.92 Å². The summed E-state index contributed by atoms with van der Waals surface area (Å²) >= 11 is 0. The van der Waals surface area contributed by atoms with Gasteiger partial charge in [0.05, 0.1) is 0 Å². The molecule has 20 heavy (non-hydrogen) atoms. The minimum atomic E-state index is -0.0300. The number of amides is 1. The van der Waals surface area contributed by atoms with E-state index in [2.05, 4.69) is 15.4 Å². The molecule has 2 atom stereocenters. The molecule has 1 aromatic heterocycles. The van der Waals surface area contributed by atoms with Crippen molar-refractivity contribution < 1.29 is 9.32 Å². The van der Waals surface area contributed by atoms with Gasteiger partial charge < -0.3 is 20.5 Å². The fourth-order valence-electron chi connectivity index (χ4n) is 2.39. The van der Waals surface area contributed by atoms with Crippen molar-refractivity contribution in [2.24, 2.45) is 11.7 Å². The highest BCUT2D eigenvalue weighted by Gasteiger charge is 2.25. The van der Waals surface area contributed by atoms with Crippen molar-refractivity contribution in [3.63, 3.8) is 0 Å². The maximum absolute atomic E-state index is 11.7. The lowest BCUT2D eigenvalue weighted by Crippen LogP contribution is -2.31. The molecule has 6 nitrogen and oxygen atoms in total. The van der Waals surface area contributed by atoms with Crippen LogP contribution >= 0.6 is 12.4 Å². The largest absolute Gasteiger partial charge is 0.360 e. The van der Waals surface area contributed by atoms with Crippen molar-refractivity contribution in [2.45, 2.75) is 32.7 Å². The van der Waals surface area contributed by atoms with E-state index in [9.17, 15) is 4.79 Å². The van der Waals surface area contributed by atoms with Crippen molar-refractivity contribution in [1.82, 2.24) is 10.1 Å². The van der Waals surface area contributed by atoms with Gasteiger partial charge in [0.2, 0.25) is 5.91 Å². The number of aryl methyl sites for hydroxylation is 1. The van der Waals surface area contributed by atoms with Crippen LogP contribution in [0.3, 0.4) is 0 Å². The molecule has 2 unspecified atom stereocenters. The number of nitrogens with two attached hydrogens (primary N) is 1. The molecule has 0 aliphatic carbocycles. The van der Waals surface area contributed by atoms with Crippen LogP contribution in [0.25, 0.3) is 0 Å². The second kappa shape index (κ2) is 7.61. The minimum absolute atomic E-state index is 0. The van der Waals surface area contributed by atoms with E-state index in [0.717, 1.165) is 26.1 Å². The lowest BCUT2D eigenvalue weighted by atomic mass is 10.0. The molecular formula is C13H23ClN4O2. The van der Waals surface area contributed by atoms with Crippen molar-refractivity contribution in [3.05, 3.63) is 11.8 Å². The Hall–Kier alpha value is -1.11. The maximum Gasteiger partial charge on any atom is 0.226 e. The number of nitrogens with one attached hydrogen (secondary N) is 1. The Labute approximate surface area is 125 Å². The van der Waals surface area contributed by atoms with E-state index in [4.69, 9.17) is 10.3 Å². The van der Waals surface area contributed by atoms with Gasteiger partial charge in [-0.15, -0.1) is 12.4 Å². The van der Waals surface area contributed by atoms with Crippen LogP contribution in [0, 0.1) is 12.8 Å². The quantitative estimate of drug-likeness (QED) is 0.859. The molecule has 0 aromatic carbocycles. The summed E-state index contributed by atoms with van der Waals surface area (Å²) in [4.78, 5) is 14.0. The average molecular weight is 303 g/mol. The lowest BCUT2D eigenvalue weighted by molar-refractivity contribution is -0.116. The number of carbonyl (C=O) groups excluding carboxylic acids is 1. The van der Waals surface area contributed by atoms with Gasteiger partial charge in [0.15, 0.2) is 5.82 Å². The minimum Gasteiger partial charge on any atom is -0.360 e. The Balaban J connectivity index is 0.00000200. The molecule has 0 saturated carbocycles. The van der Waals surface area contributed by atoms with Crippen LogP contribution in [0.4, 0.5) is 5.82 Å². The van der Waals surface area contributed by atoms with Gasteiger partial charge in [-0.2, -0.15) is 0 Å². The Morgan fingerprint density at radius 1 is 1.70 bits per heavy atom. The fourth-order valence-corrected chi connectivity index (χ4v) is 2.39. The van der Waals surface area contributed by atoms with Crippen molar-refractivity contribution >= 4 is 24.1 Å². The Kier molecular flexibility index (Phi) is 6.45. The van der Waals surface area contributed by atoms with Crippen molar-refractivity contribution in [2.75, 3.05) is 25.0 Å². The third-order valence-corrected chi connectivity index (χ3v) is 3.60. The number of carbonyl (C=O) groups is 1. The van der Waals surface area contributed by atoms with E-state index in [-0.39, 0.29) is 24.4 Å². The second-order valence-corrected chi connectivity index (χ2v) is 5.33. The summed E-state index contributed by atoms with van der Waals surface area (Å²) in [5.74, 6) is 1.70. The van der Waals surface area contributed by atoms with Crippen LogP contribution in [-0.2, 0) is 4.79 Å². The van der Waals surface area contributed by atoms with E-state index in [0.29, 0.717) is 23.9 Å². The summed E-state index contributed by atoms with van der Waals surface area (Å²) in [6, 6.07) is 1.94. The van der Waals surface area contributed by atoms with Gasteiger partial charge in [-0.05, 0) is 32.7 Å². The molecule has 2 heterocycles. The van der Waals surface area contributed by atoms with Gasteiger partial charge in [-0.1, -0.05) is 5.16 Å². The number of hydrogen-bond donors (Lipinski definition) is 2. The second-order valence-electron chi connectivity index (χ2n) is 5.33. The molecule has 1 fully saturated rings. The molecule has 114 valence electrons. The van der Waals surface area contributed by atoms with Crippen LogP contribution in [0.2, 0.25) is 0 Å². The highest BCUT2D eigenvalue weighted by Crippen LogP contribution is 2.18. The smallest absolute Gasteiger partial charge is 0.226 e. The van der Waals surface area contributed by atoms with Gasteiger partial charge in [0.25, 0.3) is 0 Å². The molecule has 1 amide bonds. The first-order valence-electron chi connectivity index (χ1n) is 6.75. The molecule has 1 saturated heterocycles. The zero-order valence-electron chi connectivity index (χ0n) is 12.0. The van der Waals surface area contributed by atoms with Gasteiger partial charge in [0, 0.05) is 31.6 Å². The van der Waals surface area contributed by atoms with Crippen LogP contribution in [0.15, 0.2) is 10.6 Å². The van der Waals surface area contributed by atoms with Gasteiger partial charge in [-0.3, -0.25) is 4.79 Å². The van der Waals surface area contributed by atoms with E-state index in [1.54, 1.807) is 13.0 Å².